The number of rotatable bonds is 12. The number of alkyl halides is 6. The third kappa shape index (κ3) is 15.1. The van der Waals surface area contributed by atoms with E-state index in [2.05, 4.69) is 4.99 Å². The average Bonchev–Trinajstić information content (AvgIpc) is 3.05. The summed E-state index contributed by atoms with van der Waals surface area (Å²) in [6, 6.07) is 25.9. The second-order valence-corrected chi connectivity index (χ2v) is 10.2. The molecular weight excluding hydrogens is 678 g/mol. The van der Waals surface area contributed by atoms with Gasteiger partial charge in [0.05, 0.1) is 5.92 Å². The summed E-state index contributed by atoms with van der Waals surface area (Å²) >= 11 is 0. The number of hydrogen-bond donors (Lipinski definition) is 6. The summed E-state index contributed by atoms with van der Waals surface area (Å²) in [5.41, 5.74) is 26.0. The quantitative estimate of drug-likeness (QED) is 0.0697. The molecule has 0 aliphatic heterocycles. The molecule has 2 amide bonds. The lowest BCUT2D eigenvalue weighted by Crippen LogP contribution is -2.49. The molecule has 0 aromatic heterocycles. The molecule has 0 saturated carbocycles. The van der Waals surface area contributed by atoms with Gasteiger partial charge in [0.25, 0.3) is 0 Å². The van der Waals surface area contributed by atoms with Gasteiger partial charge in [-0.3, -0.25) is 14.6 Å². The van der Waals surface area contributed by atoms with Crippen LogP contribution < -0.4 is 22.9 Å². The van der Waals surface area contributed by atoms with Crippen molar-refractivity contribution in [3.63, 3.8) is 0 Å². The minimum atomic E-state index is -5.08. The largest absolute Gasteiger partial charge is 0.490 e. The first-order valence-electron chi connectivity index (χ1n) is 14.4. The van der Waals surface area contributed by atoms with Crippen LogP contribution in [-0.2, 0) is 32.3 Å². The van der Waals surface area contributed by atoms with Crippen LogP contribution >= 0.6 is 0 Å². The molecule has 0 saturated heterocycles. The molecule has 0 fully saturated rings. The van der Waals surface area contributed by atoms with E-state index >= 15 is 0 Å². The van der Waals surface area contributed by atoms with E-state index in [4.69, 9.17) is 42.7 Å². The molecule has 3 aromatic rings. The minimum absolute atomic E-state index is 0.0215. The molecule has 3 rings (SSSR count). The first-order chi connectivity index (χ1) is 23.3. The molecule has 272 valence electrons. The first kappa shape index (κ1) is 42.4. The van der Waals surface area contributed by atoms with Crippen LogP contribution in [0, 0.1) is 0 Å². The van der Waals surface area contributed by atoms with Crippen LogP contribution in [0.1, 0.15) is 41.0 Å². The predicted molar refractivity (Wildman–Crippen MR) is 170 cm³/mol. The Kier molecular flexibility index (Phi) is 16.9. The Morgan fingerprint density at radius 3 is 1.44 bits per heavy atom. The van der Waals surface area contributed by atoms with Crippen molar-refractivity contribution in [2.75, 3.05) is 6.54 Å². The highest BCUT2D eigenvalue weighted by Crippen LogP contribution is 2.29. The van der Waals surface area contributed by atoms with Crippen LogP contribution in [0.15, 0.2) is 89.9 Å². The molecule has 0 spiro atoms. The highest BCUT2D eigenvalue weighted by Gasteiger charge is 2.39. The lowest BCUT2D eigenvalue weighted by atomic mass is 9.89. The predicted octanol–water partition coefficient (Wildman–Crippen LogP) is 3.48. The second-order valence-electron chi connectivity index (χ2n) is 10.2. The van der Waals surface area contributed by atoms with E-state index in [0.29, 0.717) is 25.9 Å². The normalized spacial score (nSPS) is 11.5. The van der Waals surface area contributed by atoms with Crippen LogP contribution in [0.5, 0.6) is 0 Å². The Morgan fingerprint density at radius 1 is 0.700 bits per heavy atom. The van der Waals surface area contributed by atoms with Crippen LogP contribution in [0.25, 0.3) is 0 Å². The Bertz CT molecular complexity index is 1490. The Morgan fingerprint density at radius 2 is 1.10 bits per heavy atom. The fourth-order valence-corrected chi connectivity index (χ4v) is 4.20. The maximum Gasteiger partial charge on any atom is 0.490 e. The van der Waals surface area contributed by atoms with E-state index < -0.39 is 42.2 Å². The number of carbonyl (C=O) groups excluding carboxylic acids is 2. The van der Waals surface area contributed by atoms with Crippen LogP contribution in [0.2, 0.25) is 0 Å². The van der Waals surface area contributed by atoms with E-state index in [9.17, 15) is 35.9 Å². The van der Waals surface area contributed by atoms with Crippen LogP contribution in [0.4, 0.5) is 26.3 Å². The number of benzene rings is 3. The maximum absolute atomic E-state index is 14.3. The number of hydrogen-bond acceptors (Lipinski definition) is 6. The Balaban J connectivity index is 0.000000748. The van der Waals surface area contributed by atoms with Crippen LogP contribution in [0.3, 0.4) is 0 Å². The first-order valence-corrected chi connectivity index (χ1v) is 14.4. The number of nitrogens with zero attached hydrogens (tertiary/aromatic N) is 2. The number of carbonyl (C=O) groups is 4. The fourth-order valence-electron chi connectivity index (χ4n) is 4.20. The zero-order valence-corrected chi connectivity index (χ0v) is 26.3. The highest BCUT2D eigenvalue weighted by molar-refractivity contribution is 5.92. The van der Waals surface area contributed by atoms with Gasteiger partial charge in [-0.2, -0.15) is 26.3 Å². The number of carboxylic acids is 2. The molecule has 3 aromatic carbocycles. The molecule has 0 bridgehead atoms. The van der Waals surface area contributed by atoms with Gasteiger partial charge in [0, 0.05) is 19.6 Å². The molecule has 10 N–H and O–H groups in total. The van der Waals surface area contributed by atoms with E-state index in [-0.39, 0.29) is 18.4 Å². The molecule has 50 heavy (non-hydrogen) atoms. The standard InChI is InChI=1S/C28H34N6O2.2C2HF3O2/c29-18-20-13-15-21(16-14-20)19-34(24(26(30)35)12-7-17-33-28(31)32)27(36)25(22-8-3-1-4-9-22)23-10-5-2-6-11-23;2*3-2(4,5)1(6)7/h1-6,8-11,13-16,24-25H,7,12,17-19,29H2,(H2,30,35)(H4,31,32,33);2*(H,6,7)/t24-;;/m1../s1. The molecule has 0 aliphatic carbocycles. The fraction of sp³-hybridized carbons (Fsp3) is 0.281. The number of nitrogens with two attached hydrogens (primary N) is 4. The maximum atomic E-state index is 14.3. The SMILES string of the molecule is NCc1ccc(CN(C(=O)C(c2ccccc2)c2ccccc2)[C@H](CCCN=C(N)N)C(N)=O)cc1.O=C(O)C(F)(F)F.O=C(O)C(F)(F)F. The second kappa shape index (κ2) is 20.0. The molecule has 1 atom stereocenters. The number of halogens is 6. The number of carboxylic acid groups (broad SMARTS) is 2. The van der Waals surface area contributed by atoms with Crippen molar-refractivity contribution in [2.24, 2.45) is 27.9 Å². The van der Waals surface area contributed by atoms with Gasteiger partial charge in [-0.1, -0.05) is 84.9 Å². The molecule has 0 radical (unpaired) electrons. The number of primary amides is 1. The van der Waals surface area contributed by atoms with Crippen molar-refractivity contribution in [1.29, 1.82) is 0 Å². The molecule has 12 nitrogen and oxygen atoms in total. The van der Waals surface area contributed by atoms with Crippen molar-refractivity contribution in [2.45, 2.75) is 50.2 Å². The van der Waals surface area contributed by atoms with Gasteiger partial charge in [0.1, 0.15) is 6.04 Å². The van der Waals surface area contributed by atoms with Crippen molar-refractivity contribution < 1.29 is 55.7 Å². The Labute approximate surface area is 282 Å². The molecule has 0 unspecified atom stereocenters. The third-order valence-corrected chi connectivity index (χ3v) is 6.53. The molecule has 18 heteroatoms. The van der Waals surface area contributed by atoms with E-state index in [1.54, 1.807) is 4.90 Å². The van der Waals surface area contributed by atoms with Gasteiger partial charge < -0.3 is 38.0 Å². The summed E-state index contributed by atoms with van der Waals surface area (Å²) in [5.74, 6) is -6.92. The van der Waals surface area contributed by atoms with Crippen molar-refractivity contribution >= 4 is 29.7 Å². The number of aliphatic carboxylic acids is 2. The van der Waals surface area contributed by atoms with Gasteiger partial charge in [-0.05, 0) is 35.1 Å². The van der Waals surface area contributed by atoms with Gasteiger partial charge in [0.15, 0.2) is 5.96 Å². The van der Waals surface area contributed by atoms with Crippen molar-refractivity contribution in [3.05, 3.63) is 107 Å². The van der Waals surface area contributed by atoms with E-state index in [1.165, 1.54) is 0 Å². The molecular formula is C32H36F6N6O6. The zero-order valence-electron chi connectivity index (χ0n) is 26.3. The van der Waals surface area contributed by atoms with Gasteiger partial charge in [0.2, 0.25) is 11.8 Å². The smallest absolute Gasteiger partial charge is 0.475 e. The number of amides is 2. The third-order valence-electron chi connectivity index (χ3n) is 6.53. The lowest BCUT2D eigenvalue weighted by molar-refractivity contribution is -0.193. The number of guanidine groups is 1. The van der Waals surface area contributed by atoms with Gasteiger partial charge >= 0.3 is 24.3 Å². The zero-order chi connectivity index (χ0) is 38.1. The van der Waals surface area contributed by atoms with Gasteiger partial charge in [-0.25, -0.2) is 9.59 Å². The summed E-state index contributed by atoms with van der Waals surface area (Å²) in [5, 5.41) is 14.2. The number of aliphatic imine (C=N–C) groups is 1. The van der Waals surface area contributed by atoms with Crippen LogP contribution in [-0.4, -0.2) is 69.8 Å². The minimum Gasteiger partial charge on any atom is -0.475 e. The summed E-state index contributed by atoms with van der Waals surface area (Å²) < 4.78 is 63.5. The Hall–Kier alpha value is -5.65. The topological polar surface area (TPSA) is 228 Å². The highest BCUT2D eigenvalue weighted by atomic mass is 19.4. The van der Waals surface area contributed by atoms with E-state index in [0.717, 1.165) is 22.3 Å². The van der Waals surface area contributed by atoms with Crippen molar-refractivity contribution in [3.8, 4) is 0 Å². The molecule has 0 heterocycles. The summed E-state index contributed by atoms with van der Waals surface area (Å²) in [4.78, 5) is 50.3. The lowest BCUT2D eigenvalue weighted by Gasteiger charge is -2.33. The van der Waals surface area contributed by atoms with E-state index in [1.807, 2.05) is 84.9 Å². The van der Waals surface area contributed by atoms with Gasteiger partial charge in [-0.15, -0.1) is 0 Å². The summed E-state index contributed by atoms with van der Waals surface area (Å²) in [7, 11) is 0. The summed E-state index contributed by atoms with van der Waals surface area (Å²) in [6.45, 7) is 0.970. The monoisotopic (exact) mass is 714 g/mol. The molecule has 0 aliphatic rings. The summed E-state index contributed by atoms with van der Waals surface area (Å²) in [6.07, 6.45) is -9.35. The van der Waals surface area contributed by atoms with Crippen molar-refractivity contribution in [1.82, 2.24) is 4.90 Å². The average molecular weight is 715 g/mol.